The smallest absolute Gasteiger partial charge is 0.284 e. The van der Waals surface area contributed by atoms with Gasteiger partial charge in [-0.25, -0.2) is 4.98 Å². The summed E-state index contributed by atoms with van der Waals surface area (Å²) in [5, 5.41) is 6.34. The molecule has 2 aromatic rings. The number of fused-ring (bicyclic) bond motifs is 2. The fourth-order valence-corrected chi connectivity index (χ4v) is 4.85. The van der Waals surface area contributed by atoms with Crippen LogP contribution in [0.4, 0.5) is 5.13 Å². The first kappa shape index (κ1) is 18.4. The van der Waals surface area contributed by atoms with E-state index in [0.29, 0.717) is 28.7 Å². The summed E-state index contributed by atoms with van der Waals surface area (Å²) in [7, 11) is 0. The third kappa shape index (κ3) is 3.25. The zero-order valence-electron chi connectivity index (χ0n) is 16.1. The number of aromatic nitrogens is 1. The fraction of sp³-hybridized carbons (Fsp3) is 0.400. The molecule has 1 aromatic carbocycles. The second kappa shape index (κ2) is 7.33. The number of morpholine rings is 1. The van der Waals surface area contributed by atoms with Crippen molar-refractivity contribution in [2.24, 2.45) is 5.10 Å². The standard InChI is InChI=1S/C20H21N5O3S/c1-13-18-15(12-17(26)24(13)7-6-23-8-10-28-11-9-23)22-25(19(18)27)20-21-14-4-2-3-5-16(14)29-20/h2-5H,6-12H2,1H3. The molecule has 5 rings (SSSR count). The minimum atomic E-state index is -0.208. The average molecular weight is 411 g/mol. The zero-order chi connectivity index (χ0) is 20.0. The molecule has 3 aliphatic rings. The van der Waals surface area contributed by atoms with Gasteiger partial charge in [0.05, 0.1) is 41.1 Å². The van der Waals surface area contributed by atoms with Crippen LogP contribution in [0.25, 0.3) is 10.2 Å². The first-order valence-corrected chi connectivity index (χ1v) is 10.5. The number of carbonyl (C=O) groups excluding carboxylic acids is 2. The van der Waals surface area contributed by atoms with E-state index < -0.39 is 0 Å². The van der Waals surface area contributed by atoms with Gasteiger partial charge in [-0.05, 0) is 19.1 Å². The first-order chi connectivity index (χ1) is 14.1. The van der Waals surface area contributed by atoms with Gasteiger partial charge < -0.3 is 9.64 Å². The van der Waals surface area contributed by atoms with E-state index in [9.17, 15) is 9.59 Å². The quantitative estimate of drug-likeness (QED) is 0.767. The van der Waals surface area contributed by atoms with Crippen LogP contribution in [-0.4, -0.2) is 71.7 Å². The SMILES string of the molecule is CC1=C2C(=O)N(c3nc4ccccc4s3)N=C2CC(=O)N1CCN1CCOCC1. The van der Waals surface area contributed by atoms with E-state index in [4.69, 9.17) is 4.74 Å². The maximum Gasteiger partial charge on any atom is 0.284 e. The molecule has 0 atom stereocenters. The maximum atomic E-state index is 13.1. The van der Waals surface area contributed by atoms with Crippen LogP contribution < -0.4 is 5.01 Å². The summed E-state index contributed by atoms with van der Waals surface area (Å²) in [5.74, 6) is -0.224. The highest BCUT2D eigenvalue weighted by Crippen LogP contribution is 2.35. The van der Waals surface area contributed by atoms with Gasteiger partial charge in [-0.3, -0.25) is 14.5 Å². The highest BCUT2D eigenvalue weighted by atomic mass is 32.1. The number of hydrogen-bond donors (Lipinski definition) is 0. The lowest BCUT2D eigenvalue weighted by molar-refractivity contribution is -0.128. The lowest BCUT2D eigenvalue weighted by Gasteiger charge is -2.32. The minimum Gasteiger partial charge on any atom is -0.379 e. The summed E-state index contributed by atoms with van der Waals surface area (Å²) >= 11 is 1.42. The second-order valence-corrected chi connectivity index (χ2v) is 8.27. The Kier molecular flexibility index (Phi) is 4.65. The number of rotatable bonds is 4. The second-order valence-electron chi connectivity index (χ2n) is 7.26. The van der Waals surface area contributed by atoms with E-state index in [1.807, 2.05) is 31.2 Å². The van der Waals surface area contributed by atoms with E-state index in [1.54, 1.807) is 4.90 Å². The van der Waals surface area contributed by atoms with Crippen molar-refractivity contribution in [2.45, 2.75) is 13.3 Å². The molecule has 0 saturated carbocycles. The number of para-hydroxylation sites is 1. The Morgan fingerprint density at radius 1 is 1.14 bits per heavy atom. The van der Waals surface area contributed by atoms with Crippen LogP contribution in [0.5, 0.6) is 0 Å². The molecule has 0 bridgehead atoms. The lowest BCUT2D eigenvalue weighted by atomic mass is 10.00. The number of amides is 2. The Bertz CT molecular complexity index is 1020. The van der Waals surface area contributed by atoms with Crippen molar-refractivity contribution in [3.63, 3.8) is 0 Å². The topological polar surface area (TPSA) is 78.3 Å². The van der Waals surface area contributed by atoms with Crippen molar-refractivity contribution in [3.05, 3.63) is 35.5 Å². The Labute approximate surface area is 172 Å². The predicted octanol–water partition coefficient (Wildman–Crippen LogP) is 1.84. The van der Waals surface area contributed by atoms with Crippen molar-refractivity contribution in [2.75, 3.05) is 44.4 Å². The van der Waals surface area contributed by atoms with Crippen LogP contribution in [-0.2, 0) is 14.3 Å². The van der Waals surface area contributed by atoms with Crippen LogP contribution in [0, 0.1) is 0 Å². The molecule has 8 nitrogen and oxygen atoms in total. The van der Waals surface area contributed by atoms with Gasteiger partial charge in [-0.2, -0.15) is 10.1 Å². The molecule has 0 spiro atoms. The molecule has 0 N–H and O–H groups in total. The normalized spacial score (nSPS) is 20.7. The van der Waals surface area contributed by atoms with Crippen LogP contribution in [0.2, 0.25) is 0 Å². The van der Waals surface area contributed by atoms with Crippen LogP contribution in [0.3, 0.4) is 0 Å². The van der Waals surface area contributed by atoms with Crippen LogP contribution in [0.1, 0.15) is 13.3 Å². The van der Waals surface area contributed by atoms with Gasteiger partial charge >= 0.3 is 0 Å². The van der Waals surface area contributed by atoms with Gasteiger partial charge in [0.2, 0.25) is 11.0 Å². The van der Waals surface area contributed by atoms with Crippen molar-refractivity contribution >= 4 is 44.2 Å². The molecule has 0 radical (unpaired) electrons. The van der Waals surface area contributed by atoms with Gasteiger partial charge in [0.15, 0.2) is 0 Å². The largest absolute Gasteiger partial charge is 0.379 e. The molecule has 0 aliphatic carbocycles. The summed E-state index contributed by atoms with van der Waals surface area (Å²) in [5.41, 5.74) is 2.59. The monoisotopic (exact) mass is 411 g/mol. The minimum absolute atomic E-state index is 0.0165. The Morgan fingerprint density at radius 3 is 2.72 bits per heavy atom. The molecule has 150 valence electrons. The number of hydrazone groups is 1. The molecular formula is C20H21N5O3S. The van der Waals surface area contributed by atoms with E-state index in [2.05, 4.69) is 15.0 Å². The zero-order valence-corrected chi connectivity index (χ0v) is 16.9. The van der Waals surface area contributed by atoms with Crippen LogP contribution in [0.15, 0.2) is 40.6 Å². The molecule has 0 unspecified atom stereocenters. The Balaban J connectivity index is 1.40. The summed E-state index contributed by atoms with van der Waals surface area (Å²) in [6.07, 6.45) is 0.142. The number of hydrogen-bond acceptors (Lipinski definition) is 7. The van der Waals surface area contributed by atoms with Gasteiger partial charge in [-0.1, -0.05) is 23.5 Å². The van der Waals surface area contributed by atoms with Crippen molar-refractivity contribution in [3.8, 4) is 0 Å². The highest BCUT2D eigenvalue weighted by Gasteiger charge is 2.40. The number of benzene rings is 1. The van der Waals surface area contributed by atoms with E-state index in [-0.39, 0.29) is 18.2 Å². The molecule has 9 heteroatoms. The van der Waals surface area contributed by atoms with E-state index in [0.717, 1.165) is 43.1 Å². The number of ether oxygens (including phenoxy) is 1. The van der Waals surface area contributed by atoms with Gasteiger partial charge in [0, 0.05) is 31.9 Å². The molecule has 3 aliphatic heterocycles. The molecule has 1 aromatic heterocycles. The highest BCUT2D eigenvalue weighted by molar-refractivity contribution is 7.22. The van der Waals surface area contributed by atoms with Gasteiger partial charge in [0.25, 0.3) is 5.91 Å². The molecule has 1 fully saturated rings. The number of thiazole rings is 1. The predicted molar refractivity (Wildman–Crippen MR) is 111 cm³/mol. The summed E-state index contributed by atoms with van der Waals surface area (Å²) in [4.78, 5) is 34.4. The van der Waals surface area contributed by atoms with Gasteiger partial charge in [-0.15, -0.1) is 0 Å². The third-order valence-electron chi connectivity index (χ3n) is 5.51. The van der Waals surface area contributed by atoms with E-state index >= 15 is 0 Å². The molecule has 29 heavy (non-hydrogen) atoms. The number of allylic oxidation sites excluding steroid dienone is 1. The third-order valence-corrected chi connectivity index (χ3v) is 6.52. The number of carbonyl (C=O) groups is 2. The molecule has 4 heterocycles. The summed E-state index contributed by atoms with van der Waals surface area (Å²) in [6.45, 7) is 6.35. The first-order valence-electron chi connectivity index (χ1n) is 9.71. The number of anilines is 1. The van der Waals surface area contributed by atoms with Crippen LogP contribution >= 0.6 is 11.3 Å². The molecule has 1 saturated heterocycles. The molecular weight excluding hydrogens is 390 g/mol. The average Bonchev–Trinajstić information content (AvgIpc) is 3.29. The summed E-state index contributed by atoms with van der Waals surface area (Å²) < 4.78 is 6.38. The van der Waals surface area contributed by atoms with Crippen molar-refractivity contribution in [1.29, 1.82) is 0 Å². The lowest BCUT2D eigenvalue weighted by Crippen LogP contribution is -2.45. The Morgan fingerprint density at radius 2 is 1.93 bits per heavy atom. The maximum absolute atomic E-state index is 13.1. The van der Waals surface area contributed by atoms with E-state index in [1.165, 1.54) is 16.3 Å². The molecule has 2 amide bonds. The van der Waals surface area contributed by atoms with Crippen molar-refractivity contribution in [1.82, 2.24) is 14.8 Å². The Hall–Kier alpha value is -2.62. The van der Waals surface area contributed by atoms with Gasteiger partial charge in [0.1, 0.15) is 0 Å². The summed E-state index contributed by atoms with van der Waals surface area (Å²) in [6, 6.07) is 7.75. The fourth-order valence-electron chi connectivity index (χ4n) is 3.93. The van der Waals surface area contributed by atoms with Crippen molar-refractivity contribution < 1.29 is 14.3 Å². The number of nitrogens with zero attached hydrogens (tertiary/aromatic N) is 5.